The lowest BCUT2D eigenvalue weighted by atomic mass is 10.3. The van der Waals surface area contributed by atoms with Crippen LogP contribution in [-0.2, 0) is 4.74 Å². The maximum Gasteiger partial charge on any atom is 0.421 e. The van der Waals surface area contributed by atoms with Gasteiger partial charge in [0.25, 0.3) is 0 Å². The molecule has 0 aromatic heterocycles. The second-order valence-corrected chi connectivity index (χ2v) is 3.08. The summed E-state index contributed by atoms with van der Waals surface area (Å²) in [7, 11) is 0. The molecular formula is C9H12ClNO2. The van der Waals surface area contributed by atoms with Gasteiger partial charge in [-0.3, -0.25) is 0 Å². The zero-order valence-electron chi connectivity index (χ0n) is 7.38. The molecule has 0 unspecified atom stereocenters. The van der Waals surface area contributed by atoms with E-state index in [-0.39, 0.29) is 6.09 Å². The average molecular weight is 202 g/mol. The second kappa shape index (κ2) is 5.71. The molecule has 1 heterocycles. The molecule has 1 amide bonds. The van der Waals surface area contributed by atoms with Gasteiger partial charge >= 0.3 is 6.09 Å². The minimum absolute atomic E-state index is 0.329. The molecule has 1 saturated heterocycles. The molecule has 0 aliphatic carbocycles. The number of unbranched alkanes of at least 4 members (excludes halogenated alkanes) is 2. The lowest BCUT2D eigenvalue weighted by molar-refractivity contribution is 0.167. The van der Waals surface area contributed by atoms with Gasteiger partial charge in [0.2, 0.25) is 0 Å². The lowest BCUT2D eigenvalue weighted by Gasteiger charge is -1.99. The number of amides is 1. The molecule has 1 rings (SSSR count). The van der Waals surface area contributed by atoms with Gasteiger partial charge in [0.1, 0.15) is 6.61 Å². The Bertz CT molecular complexity index is 232. The van der Waals surface area contributed by atoms with Gasteiger partial charge in [0, 0.05) is 18.3 Å². The van der Waals surface area contributed by atoms with E-state index in [0.29, 0.717) is 19.0 Å². The number of nitrogens with zero attached hydrogens (tertiary/aromatic N) is 1. The van der Waals surface area contributed by atoms with Crippen molar-refractivity contribution >= 4 is 17.7 Å². The molecule has 1 fully saturated rings. The molecule has 1 aliphatic heterocycles. The maximum absolute atomic E-state index is 10.9. The third-order valence-corrected chi connectivity index (χ3v) is 1.93. The number of carbonyl (C=O) groups excluding carboxylic acids is 1. The Labute approximate surface area is 83.0 Å². The molecule has 1 aliphatic rings. The van der Waals surface area contributed by atoms with E-state index in [1.807, 2.05) is 0 Å². The third-order valence-electron chi connectivity index (χ3n) is 1.66. The van der Waals surface area contributed by atoms with Gasteiger partial charge in [-0.1, -0.05) is 5.92 Å². The molecule has 0 atom stereocenters. The van der Waals surface area contributed by atoms with Crippen LogP contribution in [-0.4, -0.2) is 30.0 Å². The molecule has 72 valence electrons. The van der Waals surface area contributed by atoms with Crippen molar-refractivity contribution in [3.63, 3.8) is 0 Å². The van der Waals surface area contributed by atoms with Crippen molar-refractivity contribution in [3.05, 3.63) is 0 Å². The van der Waals surface area contributed by atoms with Crippen LogP contribution in [0.1, 0.15) is 19.3 Å². The Morgan fingerprint density at radius 3 is 3.00 bits per heavy atom. The fraction of sp³-hybridized carbons (Fsp3) is 0.667. The lowest BCUT2D eigenvalue weighted by Crippen LogP contribution is -2.17. The van der Waals surface area contributed by atoms with Crippen LogP contribution in [0.2, 0.25) is 0 Å². The topological polar surface area (TPSA) is 29.5 Å². The number of rotatable bonds is 3. The SMILES string of the molecule is O=C1OCCN1C#CCCCCCl. The van der Waals surface area contributed by atoms with Crippen LogP contribution in [0.3, 0.4) is 0 Å². The van der Waals surface area contributed by atoms with Gasteiger partial charge in [-0.05, 0) is 12.8 Å². The Hall–Kier alpha value is -0.880. The largest absolute Gasteiger partial charge is 0.447 e. The van der Waals surface area contributed by atoms with E-state index in [2.05, 4.69) is 12.0 Å². The minimum Gasteiger partial charge on any atom is -0.447 e. The van der Waals surface area contributed by atoms with Crippen molar-refractivity contribution in [2.24, 2.45) is 0 Å². The molecule has 0 bridgehead atoms. The van der Waals surface area contributed by atoms with Crippen molar-refractivity contribution in [1.29, 1.82) is 0 Å². The van der Waals surface area contributed by atoms with E-state index >= 15 is 0 Å². The number of ether oxygens (including phenoxy) is 1. The van der Waals surface area contributed by atoms with Crippen molar-refractivity contribution in [2.45, 2.75) is 19.3 Å². The minimum atomic E-state index is -0.329. The monoisotopic (exact) mass is 201 g/mol. The molecule has 4 heteroatoms. The van der Waals surface area contributed by atoms with Gasteiger partial charge < -0.3 is 4.74 Å². The van der Waals surface area contributed by atoms with Crippen molar-refractivity contribution in [3.8, 4) is 12.0 Å². The Balaban J connectivity index is 2.18. The van der Waals surface area contributed by atoms with Crippen LogP contribution in [0.4, 0.5) is 4.79 Å². The van der Waals surface area contributed by atoms with Gasteiger partial charge in [-0.2, -0.15) is 0 Å². The van der Waals surface area contributed by atoms with E-state index in [1.54, 1.807) is 0 Å². The molecule has 3 nitrogen and oxygen atoms in total. The smallest absolute Gasteiger partial charge is 0.421 e. The van der Waals surface area contributed by atoms with Gasteiger partial charge in [0.15, 0.2) is 0 Å². The summed E-state index contributed by atoms with van der Waals surface area (Å²) in [5.74, 6) is 3.58. The molecule has 0 radical (unpaired) electrons. The summed E-state index contributed by atoms with van der Waals surface area (Å²) < 4.78 is 4.71. The maximum atomic E-state index is 10.9. The molecule has 0 saturated carbocycles. The summed E-state index contributed by atoms with van der Waals surface area (Å²) >= 11 is 5.50. The zero-order valence-corrected chi connectivity index (χ0v) is 8.14. The quantitative estimate of drug-likeness (QED) is 0.396. The zero-order chi connectivity index (χ0) is 9.52. The van der Waals surface area contributed by atoms with E-state index in [4.69, 9.17) is 16.3 Å². The molecule has 0 aromatic carbocycles. The second-order valence-electron chi connectivity index (χ2n) is 2.70. The highest BCUT2D eigenvalue weighted by Crippen LogP contribution is 2.01. The molecular weight excluding hydrogens is 190 g/mol. The predicted molar refractivity (Wildman–Crippen MR) is 50.4 cm³/mol. The van der Waals surface area contributed by atoms with Gasteiger partial charge in [-0.25, -0.2) is 9.69 Å². The summed E-state index contributed by atoms with van der Waals surface area (Å²) in [4.78, 5) is 12.3. The van der Waals surface area contributed by atoms with Crippen molar-refractivity contribution in [1.82, 2.24) is 4.90 Å². The molecule has 0 aromatic rings. The van der Waals surface area contributed by atoms with Gasteiger partial charge in [0.05, 0.1) is 6.54 Å². The Kier molecular flexibility index (Phi) is 4.48. The number of cyclic esters (lactones) is 1. The Morgan fingerprint density at radius 1 is 1.54 bits per heavy atom. The standard InChI is InChI=1S/C9H12ClNO2/c10-5-3-1-2-4-6-11-7-8-13-9(11)12/h1-3,5,7-8H2. The number of carbonyl (C=O) groups is 1. The highest BCUT2D eigenvalue weighted by Gasteiger charge is 2.19. The first kappa shape index (κ1) is 10.2. The number of alkyl halides is 1. The number of hydrogen-bond donors (Lipinski definition) is 0. The summed E-state index contributed by atoms with van der Waals surface area (Å²) in [5, 5.41) is 0. The summed E-state index contributed by atoms with van der Waals surface area (Å²) in [6, 6.07) is 2.76. The summed E-state index contributed by atoms with van der Waals surface area (Å²) in [6.07, 6.45) is 2.42. The fourth-order valence-corrected chi connectivity index (χ4v) is 1.14. The molecule has 0 spiro atoms. The summed E-state index contributed by atoms with van der Waals surface area (Å²) in [6.45, 7) is 1.04. The van der Waals surface area contributed by atoms with Crippen LogP contribution in [0.15, 0.2) is 0 Å². The molecule has 0 N–H and O–H groups in total. The van der Waals surface area contributed by atoms with Crippen molar-refractivity contribution in [2.75, 3.05) is 19.0 Å². The van der Waals surface area contributed by atoms with Crippen LogP contribution in [0.25, 0.3) is 0 Å². The van der Waals surface area contributed by atoms with Crippen LogP contribution in [0, 0.1) is 12.0 Å². The number of hydrogen-bond acceptors (Lipinski definition) is 2. The first-order chi connectivity index (χ1) is 6.34. The van der Waals surface area contributed by atoms with E-state index in [0.717, 1.165) is 19.3 Å². The van der Waals surface area contributed by atoms with E-state index in [9.17, 15) is 4.79 Å². The van der Waals surface area contributed by atoms with E-state index < -0.39 is 0 Å². The van der Waals surface area contributed by atoms with Gasteiger partial charge in [-0.15, -0.1) is 11.6 Å². The van der Waals surface area contributed by atoms with Crippen LogP contribution in [0.5, 0.6) is 0 Å². The first-order valence-electron chi connectivity index (χ1n) is 4.33. The number of halogens is 1. The van der Waals surface area contributed by atoms with Crippen LogP contribution < -0.4 is 0 Å². The van der Waals surface area contributed by atoms with Crippen LogP contribution >= 0.6 is 11.6 Å². The first-order valence-corrected chi connectivity index (χ1v) is 4.87. The highest BCUT2D eigenvalue weighted by molar-refractivity contribution is 6.17. The fourth-order valence-electron chi connectivity index (χ4n) is 0.954. The van der Waals surface area contributed by atoms with E-state index in [1.165, 1.54) is 4.90 Å². The highest BCUT2D eigenvalue weighted by atomic mass is 35.5. The Morgan fingerprint density at radius 2 is 2.38 bits per heavy atom. The predicted octanol–water partition coefficient (Wildman–Crippen LogP) is 1.81. The average Bonchev–Trinajstić information content (AvgIpc) is 2.52. The molecule has 13 heavy (non-hydrogen) atoms. The normalized spacial score (nSPS) is 15.2. The third kappa shape index (κ3) is 3.56. The summed E-state index contributed by atoms with van der Waals surface area (Å²) in [5.41, 5.74) is 0. The van der Waals surface area contributed by atoms with Crippen molar-refractivity contribution < 1.29 is 9.53 Å².